The van der Waals surface area contributed by atoms with Gasteiger partial charge in [-0.05, 0) is 19.9 Å². The van der Waals surface area contributed by atoms with Crippen LogP contribution in [-0.4, -0.2) is 21.7 Å². The third kappa shape index (κ3) is 2.14. The summed E-state index contributed by atoms with van der Waals surface area (Å²) in [5, 5.41) is 8.91. The van der Waals surface area contributed by atoms with Crippen molar-refractivity contribution < 1.29 is 5.11 Å². The largest absolute Gasteiger partial charge is 0.396 e. The summed E-state index contributed by atoms with van der Waals surface area (Å²) in [7, 11) is 0. The van der Waals surface area contributed by atoms with Crippen LogP contribution >= 0.6 is 0 Å². The van der Waals surface area contributed by atoms with Gasteiger partial charge in [-0.15, -0.1) is 0 Å². The maximum Gasteiger partial charge on any atom is 0.137 e. The summed E-state index contributed by atoms with van der Waals surface area (Å²) in [5.74, 6) is 0.879. The van der Waals surface area contributed by atoms with Crippen LogP contribution < -0.4 is 0 Å². The highest BCUT2D eigenvalue weighted by atomic mass is 16.3. The molecule has 0 saturated heterocycles. The fourth-order valence-electron chi connectivity index (χ4n) is 1.77. The summed E-state index contributed by atoms with van der Waals surface area (Å²) in [6.45, 7) is 4.18. The smallest absolute Gasteiger partial charge is 0.137 e. The standard InChI is InChI=1S/C13H16N2O/c1-9-4-3-5-11(8-9)13-14-10(2)12(15-13)6-7-16/h3-5,8,16H,6-7H2,1-2H3,(H,14,15). The van der Waals surface area contributed by atoms with E-state index in [1.165, 1.54) is 5.56 Å². The van der Waals surface area contributed by atoms with Crippen molar-refractivity contribution in [3.05, 3.63) is 41.2 Å². The number of rotatable bonds is 3. The molecule has 0 atom stereocenters. The van der Waals surface area contributed by atoms with E-state index < -0.39 is 0 Å². The predicted octanol–water partition coefficient (Wildman–Crippen LogP) is 2.23. The second-order valence-electron chi connectivity index (χ2n) is 4.00. The third-order valence-electron chi connectivity index (χ3n) is 2.63. The molecule has 0 bridgehead atoms. The third-order valence-corrected chi connectivity index (χ3v) is 2.63. The Morgan fingerprint density at radius 1 is 1.31 bits per heavy atom. The lowest BCUT2D eigenvalue weighted by Gasteiger charge is -1.97. The molecule has 1 heterocycles. The highest BCUT2D eigenvalue weighted by Gasteiger charge is 2.07. The Labute approximate surface area is 95.2 Å². The van der Waals surface area contributed by atoms with Gasteiger partial charge >= 0.3 is 0 Å². The van der Waals surface area contributed by atoms with E-state index in [4.69, 9.17) is 5.11 Å². The summed E-state index contributed by atoms with van der Waals surface area (Å²) in [6, 6.07) is 8.22. The highest BCUT2D eigenvalue weighted by molar-refractivity contribution is 5.57. The lowest BCUT2D eigenvalue weighted by atomic mass is 10.1. The monoisotopic (exact) mass is 216 g/mol. The van der Waals surface area contributed by atoms with Crippen LogP contribution in [0, 0.1) is 13.8 Å². The van der Waals surface area contributed by atoms with Gasteiger partial charge in [-0.25, -0.2) is 4.98 Å². The summed E-state index contributed by atoms with van der Waals surface area (Å²) >= 11 is 0. The number of hydrogen-bond acceptors (Lipinski definition) is 2. The first-order valence-electron chi connectivity index (χ1n) is 5.44. The van der Waals surface area contributed by atoms with E-state index in [9.17, 15) is 0 Å². The van der Waals surface area contributed by atoms with Gasteiger partial charge in [-0.1, -0.05) is 23.8 Å². The molecule has 0 radical (unpaired) electrons. The van der Waals surface area contributed by atoms with Crippen LogP contribution in [0.3, 0.4) is 0 Å². The van der Waals surface area contributed by atoms with Gasteiger partial charge in [-0.3, -0.25) is 0 Å². The number of H-pyrrole nitrogens is 1. The van der Waals surface area contributed by atoms with Crippen molar-refractivity contribution in [1.82, 2.24) is 9.97 Å². The number of nitrogens with one attached hydrogen (secondary N) is 1. The Morgan fingerprint density at radius 3 is 2.81 bits per heavy atom. The molecule has 0 amide bonds. The van der Waals surface area contributed by atoms with Gasteiger partial charge in [0.2, 0.25) is 0 Å². The number of hydrogen-bond donors (Lipinski definition) is 2. The van der Waals surface area contributed by atoms with Crippen molar-refractivity contribution in [2.75, 3.05) is 6.61 Å². The first-order valence-corrected chi connectivity index (χ1v) is 5.44. The van der Waals surface area contributed by atoms with Crippen molar-refractivity contribution >= 4 is 0 Å². The molecule has 84 valence electrons. The zero-order valence-electron chi connectivity index (χ0n) is 9.62. The second kappa shape index (κ2) is 4.49. The molecular weight excluding hydrogens is 200 g/mol. The first kappa shape index (κ1) is 10.9. The fourth-order valence-corrected chi connectivity index (χ4v) is 1.77. The van der Waals surface area contributed by atoms with Gasteiger partial charge in [0.05, 0.1) is 5.69 Å². The van der Waals surface area contributed by atoms with Gasteiger partial charge in [0.1, 0.15) is 5.82 Å². The van der Waals surface area contributed by atoms with E-state index >= 15 is 0 Å². The number of aliphatic hydroxyl groups is 1. The topological polar surface area (TPSA) is 48.9 Å². The molecule has 16 heavy (non-hydrogen) atoms. The minimum atomic E-state index is 0.138. The molecular formula is C13H16N2O. The minimum absolute atomic E-state index is 0.138. The van der Waals surface area contributed by atoms with E-state index in [1.807, 2.05) is 19.1 Å². The van der Waals surface area contributed by atoms with Crippen molar-refractivity contribution in [2.24, 2.45) is 0 Å². The number of imidazole rings is 1. The maximum absolute atomic E-state index is 8.91. The van der Waals surface area contributed by atoms with Crippen LogP contribution in [0.25, 0.3) is 11.4 Å². The van der Waals surface area contributed by atoms with Gasteiger partial charge in [0.15, 0.2) is 0 Å². The summed E-state index contributed by atoms with van der Waals surface area (Å²) in [6.07, 6.45) is 0.605. The molecule has 0 unspecified atom stereocenters. The molecule has 3 heteroatoms. The van der Waals surface area contributed by atoms with Crippen molar-refractivity contribution in [3.8, 4) is 11.4 Å². The molecule has 0 aliphatic carbocycles. The fraction of sp³-hybridized carbons (Fsp3) is 0.308. The Kier molecular flexibility index (Phi) is 3.06. The Balaban J connectivity index is 2.37. The summed E-state index contributed by atoms with van der Waals surface area (Å²) in [5.41, 5.74) is 4.28. The van der Waals surface area contributed by atoms with E-state index in [0.29, 0.717) is 6.42 Å². The number of aliphatic hydroxyl groups excluding tert-OH is 1. The molecule has 1 aromatic heterocycles. The van der Waals surface area contributed by atoms with Gasteiger partial charge < -0.3 is 10.1 Å². The SMILES string of the molecule is Cc1cccc(-c2nc(CCO)c(C)[nH]2)c1. The van der Waals surface area contributed by atoms with E-state index in [1.54, 1.807) is 0 Å². The van der Waals surface area contributed by atoms with Crippen LogP contribution in [0.1, 0.15) is 17.0 Å². The van der Waals surface area contributed by atoms with E-state index in [-0.39, 0.29) is 6.61 Å². The van der Waals surface area contributed by atoms with Gasteiger partial charge in [0.25, 0.3) is 0 Å². The number of nitrogens with zero attached hydrogens (tertiary/aromatic N) is 1. The molecule has 3 nitrogen and oxygen atoms in total. The molecule has 2 rings (SSSR count). The van der Waals surface area contributed by atoms with Crippen LogP contribution in [0.4, 0.5) is 0 Å². The molecule has 0 aliphatic heterocycles. The molecule has 2 N–H and O–H groups in total. The number of benzene rings is 1. The normalized spacial score (nSPS) is 10.7. The molecule has 0 aliphatic rings. The zero-order chi connectivity index (χ0) is 11.5. The average Bonchev–Trinajstić information content (AvgIpc) is 2.61. The lowest BCUT2D eigenvalue weighted by Crippen LogP contribution is -1.92. The maximum atomic E-state index is 8.91. The molecule has 1 aromatic carbocycles. The summed E-state index contributed by atoms with van der Waals surface area (Å²) < 4.78 is 0. The van der Waals surface area contributed by atoms with E-state index in [0.717, 1.165) is 22.8 Å². The lowest BCUT2D eigenvalue weighted by molar-refractivity contribution is 0.298. The minimum Gasteiger partial charge on any atom is -0.396 e. The van der Waals surface area contributed by atoms with Crippen molar-refractivity contribution in [3.63, 3.8) is 0 Å². The molecule has 0 fully saturated rings. The molecule has 2 aromatic rings. The van der Waals surface area contributed by atoms with Crippen LogP contribution in [0.5, 0.6) is 0 Å². The quantitative estimate of drug-likeness (QED) is 0.826. The number of aromatic nitrogens is 2. The Hall–Kier alpha value is -1.61. The predicted molar refractivity (Wildman–Crippen MR) is 64.3 cm³/mol. The van der Waals surface area contributed by atoms with Crippen molar-refractivity contribution in [2.45, 2.75) is 20.3 Å². The number of aryl methyl sites for hydroxylation is 2. The van der Waals surface area contributed by atoms with Crippen LogP contribution in [0.2, 0.25) is 0 Å². The molecule has 0 spiro atoms. The Morgan fingerprint density at radius 2 is 2.12 bits per heavy atom. The van der Waals surface area contributed by atoms with Crippen molar-refractivity contribution in [1.29, 1.82) is 0 Å². The second-order valence-corrected chi connectivity index (χ2v) is 4.00. The van der Waals surface area contributed by atoms with Crippen LogP contribution in [-0.2, 0) is 6.42 Å². The zero-order valence-corrected chi connectivity index (χ0v) is 9.62. The van der Waals surface area contributed by atoms with E-state index in [2.05, 4.69) is 29.0 Å². The highest BCUT2D eigenvalue weighted by Crippen LogP contribution is 2.19. The first-order chi connectivity index (χ1) is 7.70. The van der Waals surface area contributed by atoms with Gasteiger partial charge in [0, 0.05) is 24.3 Å². The molecule has 0 saturated carbocycles. The Bertz CT molecular complexity index is 488. The number of aromatic amines is 1. The van der Waals surface area contributed by atoms with Crippen LogP contribution in [0.15, 0.2) is 24.3 Å². The summed E-state index contributed by atoms with van der Waals surface area (Å²) in [4.78, 5) is 7.75. The average molecular weight is 216 g/mol. The van der Waals surface area contributed by atoms with Gasteiger partial charge in [-0.2, -0.15) is 0 Å².